The number of ether oxygens (including phenoxy) is 1. The highest BCUT2D eigenvalue weighted by atomic mass is 32.1. The van der Waals surface area contributed by atoms with Crippen molar-refractivity contribution in [2.45, 2.75) is 18.8 Å². The summed E-state index contributed by atoms with van der Waals surface area (Å²) in [5.41, 5.74) is 1.53. The minimum absolute atomic E-state index is 0.0800. The lowest BCUT2D eigenvalue weighted by Crippen LogP contribution is -2.39. The molecule has 1 N–H and O–H groups in total. The Hall–Kier alpha value is -2.30. The SMILES string of the molecule is FC(F)(F)c1ccc(-c2cnc([C@@H]3COCCN3Cc3csnn3)[nH]2)cc1. The molecule has 3 aromatic rings. The summed E-state index contributed by atoms with van der Waals surface area (Å²) >= 11 is 1.31. The first kappa shape index (κ1) is 18.1. The van der Waals surface area contributed by atoms with E-state index in [0.29, 0.717) is 36.8 Å². The fraction of sp³-hybridized carbons (Fsp3) is 0.353. The Morgan fingerprint density at radius 3 is 2.78 bits per heavy atom. The molecule has 6 nitrogen and oxygen atoms in total. The maximum absolute atomic E-state index is 12.7. The summed E-state index contributed by atoms with van der Waals surface area (Å²) in [5, 5.41) is 5.99. The molecule has 1 aliphatic heterocycles. The zero-order chi connectivity index (χ0) is 18.9. The zero-order valence-electron chi connectivity index (χ0n) is 14.1. The van der Waals surface area contributed by atoms with Crippen LogP contribution in [0.2, 0.25) is 0 Å². The van der Waals surface area contributed by atoms with Gasteiger partial charge in [-0.3, -0.25) is 4.90 Å². The molecule has 3 heterocycles. The lowest BCUT2D eigenvalue weighted by Gasteiger charge is -2.33. The Morgan fingerprint density at radius 1 is 1.26 bits per heavy atom. The molecular weight excluding hydrogens is 379 g/mol. The second-order valence-corrected chi connectivity index (χ2v) is 6.82. The lowest BCUT2D eigenvalue weighted by molar-refractivity contribution is -0.137. The van der Waals surface area contributed by atoms with Gasteiger partial charge in [0.15, 0.2) is 0 Å². The molecule has 0 unspecified atom stereocenters. The molecule has 0 amide bonds. The van der Waals surface area contributed by atoms with Crippen molar-refractivity contribution in [3.8, 4) is 11.3 Å². The standard InChI is InChI=1S/C17H16F3N5OS/c18-17(19,20)12-3-1-11(2-4-12)14-7-21-16(22-14)15-9-26-6-5-25(15)8-13-10-27-24-23-13/h1-4,7,10,15H,5-6,8-9H2,(H,21,22)/t15-/m0/s1. The Bertz CT molecular complexity index is 879. The number of H-pyrrole nitrogens is 1. The van der Waals surface area contributed by atoms with Gasteiger partial charge in [0.05, 0.1) is 42.4 Å². The Kier molecular flexibility index (Phi) is 4.94. The van der Waals surface area contributed by atoms with E-state index in [1.165, 1.54) is 23.7 Å². The van der Waals surface area contributed by atoms with Crippen LogP contribution in [-0.2, 0) is 17.5 Å². The van der Waals surface area contributed by atoms with Gasteiger partial charge in [-0.1, -0.05) is 16.6 Å². The number of aromatic nitrogens is 4. The highest BCUT2D eigenvalue weighted by Crippen LogP contribution is 2.31. The third-order valence-corrected chi connectivity index (χ3v) is 5.00. The third-order valence-electron chi connectivity index (χ3n) is 4.44. The normalized spacial score (nSPS) is 18.7. The van der Waals surface area contributed by atoms with Crippen LogP contribution in [-0.4, -0.2) is 44.2 Å². The van der Waals surface area contributed by atoms with Gasteiger partial charge in [0, 0.05) is 18.5 Å². The van der Waals surface area contributed by atoms with Gasteiger partial charge in [0.1, 0.15) is 5.82 Å². The first-order valence-electron chi connectivity index (χ1n) is 8.31. The number of hydrogen-bond acceptors (Lipinski definition) is 6. The van der Waals surface area contributed by atoms with Crippen molar-refractivity contribution in [3.05, 3.63) is 52.9 Å². The number of rotatable bonds is 4. The first-order chi connectivity index (χ1) is 13.0. The molecule has 2 aromatic heterocycles. The van der Waals surface area contributed by atoms with E-state index in [-0.39, 0.29) is 6.04 Å². The zero-order valence-corrected chi connectivity index (χ0v) is 14.9. The van der Waals surface area contributed by atoms with Crippen LogP contribution in [0.3, 0.4) is 0 Å². The van der Waals surface area contributed by atoms with Crippen LogP contribution in [0.25, 0.3) is 11.3 Å². The van der Waals surface area contributed by atoms with Crippen molar-refractivity contribution < 1.29 is 17.9 Å². The van der Waals surface area contributed by atoms with Gasteiger partial charge < -0.3 is 9.72 Å². The third kappa shape index (κ3) is 4.02. The van der Waals surface area contributed by atoms with E-state index in [0.717, 1.165) is 24.4 Å². The minimum atomic E-state index is -4.35. The molecule has 1 aromatic carbocycles. The Labute approximate surface area is 157 Å². The van der Waals surface area contributed by atoms with Crippen molar-refractivity contribution in [2.75, 3.05) is 19.8 Å². The predicted octanol–water partition coefficient (Wildman–Crippen LogP) is 3.52. The van der Waals surface area contributed by atoms with Crippen LogP contribution in [0.1, 0.15) is 23.1 Å². The average Bonchev–Trinajstić information content (AvgIpc) is 3.34. The van der Waals surface area contributed by atoms with Gasteiger partial charge in [-0.15, -0.1) is 5.10 Å². The second-order valence-electron chi connectivity index (χ2n) is 6.21. The van der Waals surface area contributed by atoms with Crippen molar-refractivity contribution >= 4 is 11.5 Å². The number of halogens is 3. The monoisotopic (exact) mass is 395 g/mol. The number of nitrogens with one attached hydrogen (secondary N) is 1. The van der Waals surface area contributed by atoms with E-state index in [9.17, 15) is 13.2 Å². The molecule has 0 saturated carbocycles. The van der Waals surface area contributed by atoms with Crippen LogP contribution >= 0.6 is 11.5 Å². The molecule has 0 aliphatic carbocycles. The van der Waals surface area contributed by atoms with Gasteiger partial charge in [0.2, 0.25) is 0 Å². The summed E-state index contributed by atoms with van der Waals surface area (Å²) in [5.74, 6) is 0.716. The van der Waals surface area contributed by atoms with E-state index < -0.39 is 11.7 Å². The molecule has 0 bridgehead atoms. The van der Waals surface area contributed by atoms with Gasteiger partial charge in [0.25, 0.3) is 0 Å². The summed E-state index contributed by atoms with van der Waals surface area (Å²) in [7, 11) is 0. The van der Waals surface area contributed by atoms with Crippen LogP contribution in [0.4, 0.5) is 13.2 Å². The van der Waals surface area contributed by atoms with Crippen LogP contribution in [0.5, 0.6) is 0 Å². The molecule has 1 fully saturated rings. The fourth-order valence-corrected chi connectivity index (χ4v) is 3.47. The smallest absolute Gasteiger partial charge is 0.378 e. The van der Waals surface area contributed by atoms with Gasteiger partial charge in [-0.05, 0) is 29.2 Å². The summed E-state index contributed by atoms with van der Waals surface area (Å²) < 4.78 is 47.6. The fourth-order valence-electron chi connectivity index (χ4n) is 3.03. The highest BCUT2D eigenvalue weighted by molar-refractivity contribution is 7.03. The first-order valence-corrected chi connectivity index (χ1v) is 9.14. The second kappa shape index (κ2) is 7.37. The number of aromatic amines is 1. The molecule has 1 atom stereocenters. The van der Waals surface area contributed by atoms with Gasteiger partial charge in [-0.25, -0.2) is 4.98 Å². The molecule has 10 heteroatoms. The maximum Gasteiger partial charge on any atom is 0.416 e. The number of hydrogen-bond donors (Lipinski definition) is 1. The predicted molar refractivity (Wildman–Crippen MR) is 92.9 cm³/mol. The van der Waals surface area contributed by atoms with E-state index in [1.54, 1.807) is 6.20 Å². The Balaban J connectivity index is 1.53. The van der Waals surface area contributed by atoms with E-state index in [1.807, 2.05) is 5.38 Å². The van der Waals surface area contributed by atoms with Gasteiger partial charge >= 0.3 is 6.18 Å². The molecule has 1 saturated heterocycles. The van der Waals surface area contributed by atoms with Crippen LogP contribution < -0.4 is 0 Å². The number of benzene rings is 1. The number of imidazole rings is 1. The molecule has 0 spiro atoms. The number of alkyl halides is 3. The summed E-state index contributed by atoms with van der Waals surface area (Å²) in [6.45, 7) is 2.48. The number of nitrogens with zero attached hydrogens (tertiary/aromatic N) is 4. The summed E-state index contributed by atoms with van der Waals surface area (Å²) in [6, 6.07) is 4.94. The molecule has 27 heavy (non-hydrogen) atoms. The van der Waals surface area contributed by atoms with Crippen LogP contribution in [0, 0.1) is 0 Å². The van der Waals surface area contributed by atoms with Gasteiger partial charge in [-0.2, -0.15) is 13.2 Å². The average molecular weight is 395 g/mol. The van der Waals surface area contributed by atoms with Crippen molar-refractivity contribution in [1.82, 2.24) is 24.5 Å². The maximum atomic E-state index is 12.7. The topological polar surface area (TPSA) is 66.9 Å². The van der Waals surface area contributed by atoms with E-state index in [4.69, 9.17) is 4.74 Å². The van der Waals surface area contributed by atoms with Crippen molar-refractivity contribution in [1.29, 1.82) is 0 Å². The minimum Gasteiger partial charge on any atom is -0.378 e. The molecule has 1 aliphatic rings. The summed E-state index contributed by atoms with van der Waals surface area (Å²) in [4.78, 5) is 9.86. The van der Waals surface area contributed by atoms with Crippen molar-refractivity contribution in [3.63, 3.8) is 0 Å². The molecule has 4 rings (SSSR count). The molecule has 0 radical (unpaired) electrons. The Morgan fingerprint density at radius 2 is 2.07 bits per heavy atom. The van der Waals surface area contributed by atoms with E-state index in [2.05, 4.69) is 24.5 Å². The highest BCUT2D eigenvalue weighted by Gasteiger charge is 2.30. The number of morpholine rings is 1. The lowest BCUT2D eigenvalue weighted by atomic mass is 10.1. The molecular formula is C17H16F3N5OS. The summed E-state index contributed by atoms with van der Waals surface area (Å²) in [6.07, 6.45) is -2.71. The van der Waals surface area contributed by atoms with Crippen LogP contribution in [0.15, 0.2) is 35.8 Å². The largest absolute Gasteiger partial charge is 0.416 e. The molecule has 142 valence electrons. The quantitative estimate of drug-likeness (QED) is 0.732. The van der Waals surface area contributed by atoms with Crippen molar-refractivity contribution in [2.24, 2.45) is 0 Å². The van der Waals surface area contributed by atoms with E-state index >= 15 is 0 Å².